The van der Waals surface area contributed by atoms with Gasteiger partial charge < -0.3 is 25.3 Å². The van der Waals surface area contributed by atoms with E-state index < -0.39 is 11.7 Å². The van der Waals surface area contributed by atoms with E-state index in [0.29, 0.717) is 19.4 Å². The van der Waals surface area contributed by atoms with Gasteiger partial charge in [0.1, 0.15) is 11.7 Å². The fourth-order valence-electron chi connectivity index (χ4n) is 4.02. The molecule has 2 fully saturated rings. The van der Waals surface area contributed by atoms with Crippen LogP contribution in [0.25, 0.3) is 0 Å². The maximum absolute atomic E-state index is 12.5. The Morgan fingerprint density at radius 2 is 1.93 bits per heavy atom. The lowest BCUT2D eigenvalue weighted by Crippen LogP contribution is -2.51. The summed E-state index contributed by atoms with van der Waals surface area (Å²) in [5, 5.41) is 24.4. The lowest BCUT2D eigenvalue weighted by atomic mass is 10.0. The van der Waals surface area contributed by atoms with Gasteiger partial charge in [0.25, 0.3) is 0 Å². The molecule has 2 saturated heterocycles. The van der Waals surface area contributed by atoms with Crippen LogP contribution in [-0.2, 0) is 11.2 Å². The van der Waals surface area contributed by atoms with Crippen LogP contribution in [0.1, 0.15) is 31.2 Å². The molecule has 150 valence electrons. The Labute approximate surface area is 162 Å². The Bertz CT molecular complexity index is 592. The van der Waals surface area contributed by atoms with Crippen molar-refractivity contribution in [3.8, 4) is 0 Å². The quantitative estimate of drug-likeness (QED) is 0.581. The third-order valence-corrected chi connectivity index (χ3v) is 5.79. The number of rotatable bonds is 8. The molecule has 0 aliphatic carbocycles. The lowest BCUT2D eigenvalue weighted by Gasteiger charge is -2.29. The molecule has 2 heterocycles. The van der Waals surface area contributed by atoms with E-state index >= 15 is 0 Å². The second-order valence-electron chi connectivity index (χ2n) is 7.96. The summed E-state index contributed by atoms with van der Waals surface area (Å²) < 4.78 is 0. The van der Waals surface area contributed by atoms with Gasteiger partial charge in [-0.2, -0.15) is 0 Å². The van der Waals surface area contributed by atoms with Crippen molar-refractivity contribution in [2.75, 3.05) is 45.8 Å². The number of piperidine rings is 1. The average Bonchev–Trinajstić information content (AvgIpc) is 3.00. The number of likely N-dealkylation sites (tertiary alicyclic amines) is 2. The molecule has 2 atom stereocenters. The van der Waals surface area contributed by atoms with Crippen molar-refractivity contribution < 1.29 is 15.0 Å². The van der Waals surface area contributed by atoms with Gasteiger partial charge in [0, 0.05) is 32.6 Å². The fraction of sp³-hybridized carbons (Fsp3) is 0.667. The summed E-state index contributed by atoms with van der Waals surface area (Å²) in [4.78, 5) is 16.5. The fourth-order valence-corrected chi connectivity index (χ4v) is 4.02. The van der Waals surface area contributed by atoms with Crippen LogP contribution in [0.2, 0.25) is 0 Å². The van der Waals surface area contributed by atoms with Crippen LogP contribution in [0.5, 0.6) is 0 Å². The molecule has 3 rings (SSSR count). The number of carbonyl (C=O) groups is 1. The Balaban J connectivity index is 1.39. The molecule has 0 radical (unpaired) electrons. The molecule has 2 aliphatic rings. The van der Waals surface area contributed by atoms with Gasteiger partial charge >= 0.3 is 0 Å². The molecule has 6 heteroatoms. The van der Waals surface area contributed by atoms with Gasteiger partial charge in [-0.3, -0.25) is 4.79 Å². The topological polar surface area (TPSA) is 76.0 Å². The molecule has 3 N–H and O–H groups in total. The number of aryl methyl sites for hydroxylation is 1. The van der Waals surface area contributed by atoms with Crippen molar-refractivity contribution in [2.45, 2.75) is 43.8 Å². The first kappa shape index (κ1) is 20.3. The Hall–Kier alpha value is -1.47. The molecule has 27 heavy (non-hydrogen) atoms. The Morgan fingerprint density at radius 1 is 1.19 bits per heavy atom. The van der Waals surface area contributed by atoms with Crippen LogP contribution in [0, 0.1) is 0 Å². The number of hydrogen-bond donors (Lipinski definition) is 3. The van der Waals surface area contributed by atoms with E-state index in [1.54, 1.807) is 4.90 Å². The molecule has 1 amide bonds. The predicted octanol–water partition coefficient (Wildman–Crippen LogP) is 0.629. The van der Waals surface area contributed by atoms with Crippen molar-refractivity contribution in [2.24, 2.45) is 0 Å². The van der Waals surface area contributed by atoms with Crippen molar-refractivity contribution in [3.63, 3.8) is 0 Å². The third kappa shape index (κ3) is 5.75. The van der Waals surface area contributed by atoms with E-state index in [1.807, 2.05) is 30.3 Å². The average molecular weight is 376 g/mol. The minimum absolute atomic E-state index is 0.0119. The molecular weight excluding hydrogens is 342 g/mol. The third-order valence-electron chi connectivity index (χ3n) is 5.79. The molecule has 0 saturated carbocycles. The van der Waals surface area contributed by atoms with Gasteiger partial charge in [0.15, 0.2) is 0 Å². The van der Waals surface area contributed by atoms with Crippen LogP contribution in [0.4, 0.5) is 0 Å². The first-order valence-electron chi connectivity index (χ1n) is 10.2. The smallest absolute Gasteiger partial charge is 0.223 e. The molecule has 1 aromatic carbocycles. The van der Waals surface area contributed by atoms with E-state index in [2.05, 4.69) is 10.2 Å². The molecular formula is C21H33N3O3. The van der Waals surface area contributed by atoms with Crippen molar-refractivity contribution in [1.82, 2.24) is 15.1 Å². The zero-order chi connectivity index (χ0) is 19.1. The van der Waals surface area contributed by atoms with Crippen LogP contribution in [-0.4, -0.2) is 83.4 Å². The number of carbonyl (C=O) groups excluding carboxylic acids is 1. The number of aliphatic hydroxyl groups excluding tert-OH is 1. The monoisotopic (exact) mass is 375 g/mol. The highest BCUT2D eigenvalue weighted by Gasteiger charge is 2.45. The summed E-state index contributed by atoms with van der Waals surface area (Å²) >= 11 is 0. The lowest BCUT2D eigenvalue weighted by molar-refractivity contribution is -0.131. The highest BCUT2D eigenvalue weighted by atomic mass is 16.3. The van der Waals surface area contributed by atoms with E-state index in [9.17, 15) is 15.0 Å². The highest BCUT2D eigenvalue weighted by molar-refractivity contribution is 5.77. The summed E-state index contributed by atoms with van der Waals surface area (Å²) in [5.41, 5.74) is -0.134. The van der Waals surface area contributed by atoms with Gasteiger partial charge in [-0.15, -0.1) is 0 Å². The van der Waals surface area contributed by atoms with Gasteiger partial charge in [-0.25, -0.2) is 0 Å². The highest BCUT2D eigenvalue weighted by Crippen LogP contribution is 2.22. The largest absolute Gasteiger partial charge is 0.388 e. The number of benzene rings is 1. The van der Waals surface area contributed by atoms with Gasteiger partial charge in [-0.1, -0.05) is 36.8 Å². The van der Waals surface area contributed by atoms with Crippen molar-refractivity contribution in [3.05, 3.63) is 35.9 Å². The zero-order valence-corrected chi connectivity index (χ0v) is 16.1. The first-order chi connectivity index (χ1) is 13.1. The van der Waals surface area contributed by atoms with E-state index in [1.165, 1.54) is 19.3 Å². The van der Waals surface area contributed by atoms with Crippen LogP contribution >= 0.6 is 0 Å². The van der Waals surface area contributed by atoms with E-state index in [0.717, 1.165) is 31.7 Å². The minimum Gasteiger partial charge on any atom is -0.388 e. The predicted molar refractivity (Wildman–Crippen MR) is 105 cm³/mol. The van der Waals surface area contributed by atoms with Crippen LogP contribution in [0.15, 0.2) is 30.3 Å². The van der Waals surface area contributed by atoms with Gasteiger partial charge in [0.05, 0.1) is 6.54 Å². The number of hydrogen-bond acceptors (Lipinski definition) is 5. The standard InChI is InChI=1S/C21H33N3O3/c25-19-15-24(20(26)10-9-18-7-3-1-4-8-18)17-21(19,27)16-22-11-14-23-12-5-2-6-13-23/h1,3-4,7-8,19,22,25,27H,2,5-6,9-17H2/t19-,21+/m1/s1. The molecule has 0 spiro atoms. The molecule has 2 aliphatic heterocycles. The molecule has 0 aromatic heterocycles. The van der Waals surface area contributed by atoms with E-state index in [4.69, 9.17) is 0 Å². The van der Waals surface area contributed by atoms with Crippen molar-refractivity contribution >= 4 is 5.91 Å². The maximum Gasteiger partial charge on any atom is 0.223 e. The number of amides is 1. The van der Waals surface area contributed by atoms with Crippen LogP contribution in [0.3, 0.4) is 0 Å². The Kier molecular flexibility index (Phi) is 7.24. The second kappa shape index (κ2) is 9.64. The zero-order valence-electron chi connectivity index (χ0n) is 16.1. The van der Waals surface area contributed by atoms with Gasteiger partial charge in [-0.05, 0) is 37.9 Å². The summed E-state index contributed by atoms with van der Waals surface area (Å²) in [6, 6.07) is 9.91. The number of nitrogens with zero attached hydrogens (tertiary/aromatic N) is 2. The summed E-state index contributed by atoms with van der Waals surface area (Å²) in [6.45, 7) is 4.76. The SMILES string of the molecule is O=C(CCc1ccccc1)N1C[C@@H](O)[C@](O)(CNCCN2CCCCC2)C1. The second-order valence-corrected chi connectivity index (χ2v) is 7.96. The number of aliphatic hydroxyl groups is 2. The maximum atomic E-state index is 12.5. The summed E-state index contributed by atoms with van der Waals surface area (Å²) in [7, 11) is 0. The molecule has 0 unspecified atom stereocenters. The Morgan fingerprint density at radius 3 is 2.67 bits per heavy atom. The van der Waals surface area contributed by atoms with Crippen molar-refractivity contribution in [1.29, 1.82) is 0 Å². The van der Waals surface area contributed by atoms with Gasteiger partial charge in [0.2, 0.25) is 5.91 Å². The number of nitrogens with one attached hydrogen (secondary N) is 1. The number of β-amino-alcohol motifs (C(OH)–C–C–N with tert-alkyl or cyclic N) is 2. The first-order valence-corrected chi connectivity index (χ1v) is 10.2. The summed E-state index contributed by atoms with van der Waals surface area (Å²) in [5.74, 6) is -0.0119. The molecule has 0 bridgehead atoms. The minimum atomic E-state index is -1.26. The summed E-state index contributed by atoms with van der Waals surface area (Å²) in [6.07, 6.45) is 4.03. The van der Waals surface area contributed by atoms with Crippen LogP contribution < -0.4 is 5.32 Å². The van der Waals surface area contributed by atoms with E-state index in [-0.39, 0.29) is 19.0 Å². The molecule has 6 nitrogen and oxygen atoms in total. The molecule has 1 aromatic rings. The normalized spacial score (nSPS) is 26.4.